The van der Waals surface area contributed by atoms with Gasteiger partial charge in [0.1, 0.15) is 0 Å². The van der Waals surface area contributed by atoms with Gasteiger partial charge in [0.2, 0.25) is 0 Å². The van der Waals surface area contributed by atoms with E-state index in [0.717, 1.165) is 30.9 Å². The molecule has 3 heterocycles. The summed E-state index contributed by atoms with van der Waals surface area (Å²) in [5.74, 6) is 0. The van der Waals surface area contributed by atoms with E-state index in [9.17, 15) is 17.6 Å². The molecule has 6 nitrogen and oxygen atoms in total. The number of anilines is 2. The first kappa shape index (κ1) is 25.4. The zero-order chi connectivity index (χ0) is 25.4. The molecule has 4 N–H and O–H groups in total. The highest BCUT2D eigenvalue weighted by atomic mass is 19.4. The Bertz CT molecular complexity index is 1050. The van der Waals surface area contributed by atoms with Crippen LogP contribution in [0.15, 0.2) is 30.5 Å². The first-order chi connectivity index (χ1) is 16.5. The van der Waals surface area contributed by atoms with Crippen molar-refractivity contribution in [1.82, 2.24) is 14.8 Å². The second-order valence-electron chi connectivity index (χ2n) is 10.0. The summed E-state index contributed by atoms with van der Waals surface area (Å²) in [6.45, 7) is 4.55. The fourth-order valence-corrected chi connectivity index (χ4v) is 5.21. The zero-order valence-corrected chi connectivity index (χ0v) is 20.0. The maximum Gasteiger partial charge on any atom is 0.401 e. The van der Waals surface area contributed by atoms with Gasteiger partial charge in [-0.05, 0) is 56.0 Å². The number of hydrogen-bond acceptors (Lipinski definition) is 6. The summed E-state index contributed by atoms with van der Waals surface area (Å²) in [6.07, 6.45) is -0.685. The van der Waals surface area contributed by atoms with E-state index in [2.05, 4.69) is 15.2 Å². The van der Waals surface area contributed by atoms with E-state index in [-0.39, 0.29) is 12.7 Å². The molecule has 2 aliphatic rings. The van der Waals surface area contributed by atoms with E-state index in [0.29, 0.717) is 35.3 Å². The largest absolute Gasteiger partial charge is 0.401 e. The van der Waals surface area contributed by atoms with Gasteiger partial charge in [-0.25, -0.2) is 0 Å². The molecule has 0 saturated carbocycles. The number of halogens is 4. The minimum atomic E-state index is -4.38. The van der Waals surface area contributed by atoms with E-state index < -0.39 is 24.3 Å². The lowest BCUT2D eigenvalue weighted by Crippen LogP contribution is -2.55. The van der Waals surface area contributed by atoms with Crippen LogP contribution in [0.2, 0.25) is 0 Å². The van der Waals surface area contributed by atoms with Gasteiger partial charge in [-0.2, -0.15) is 13.2 Å². The number of aromatic nitrogens is 1. The normalized spacial score (nSPS) is 20.8. The van der Waals surface area contributed by atoms with E-state index in [1.807, 2.05) is 6.07 Å². The lowest BCUT2D eigenvalue weighted by atomic mass is 9.78. The Morgan fingerprint density at radius 3 is 2.57 bits per heavy atom. The Morgan fingerprint density at radius 1 is 1.23 bits per heavy atom. The molecule has 0 amide bonds. The van der Waals surface area contributed by atoms with Crippen LogP contribution in [0.3, 0.4) is 0 Å². The second-order valence-corrected chi connectivity index (χ2v) is 10.0. The Hall–Kier alpha value is -2.72. The van der Waals surface area contributed by atoms with Crippen molar-refractivity contribution >= 4 is 17.6 Å². The van der Waals surface area contributed by atoms with Crippen LogP contribution in [0.25, 0.3) is 0 Å². The number of nitrogens with two attached hydrogens (primary N) is 1. The summed E-state index contributed by atoms with van der Waals surface area (Å²) < 4.78 is 53.3. The number of benzene rings is 1. The SMILES string of the molecule is CC1(C)Cc2c(ccc(N)c2C=N)[C@@H](c2ccc(NC3CN(CCCF)C3)cn2)N1CC(F)(F)F. The van der Waals surface area contributed by atoms with E-state index in [1.165, 1.54) is 11.1 Å². The Morgan fingerprint density at radius 2 is 1.97 bits per heavy atom. The summed E-state index contributed by atoms with van der Waals surface area (Å²) in [5.41, 5.74) is 9.02. The molecule has 0 unspecified atom stereocenters. The molecule has 190 valence electrons. The highest BCUT2D eigenvalue weighted by Crippen LogP contribution is 2.45. The van der Waals surface area contributed by atoms with Gasteiger partial charge in [-0.1, -0.05) is 6.07 Å². The average Bonchev–Trinajstić information content (AvgIpc) is 2.75. The lowest BCUT2D eigenvalue weighted by molar-refractivity contribution is -0.164. The van der Waals surface area contributed by atoms with E-state index in [1.54, 1.807) is 38.2 Å². The molecule has 1 aromatic carbocycles. The zero-order valence-electron chi connectivity index (χ0n) is 20.0. The molecule has 1 saturated heterocycles. The smallest absolute Gasteiger partial charge is 0.398 e. The standard InChI is InChI=1S/C25H32F4N6/c1-24(2)10-19-18(5-6-21(31)20(19)11-30)23(35(24)15-25(27,28)29)22-7-4-16(12-32-22)33-17-13-34(14-17)9-3-8-26/h4-7,11-12,17,23,30,33H,3,8-10,13-15,31H2,1-2H3/t23-/m0/s1. The molecule has 1 aromatic heterocycles. The summed E-state index contributed by atoms with van der Waals surface area (Å²) in [7, 11) is 0. The molecule has 0 aliphatic carbocycles. The maximum atomic E-state index is 13.7. The quantitative estimate of drug-likeness (QED) is 0.289. The van der Waals surface area contributed by atoms with Gasteiger partial charge in [0.15, 0.2) is 0 Å². The molecule has 1 fully saturated rings. The highest BCUT2D eigenvalue weighted by molar-refractivity contribution is 5.88. The number of alkyl halides is 4. The molecule has 0 bridgehead atoms. The predicted molar refractivity (Wildman–Crippen MR) is 130 cm³/mol. The summed E-state index contributed by atoms with van der Waals surface area (Å²) in [5, 5.41) is 11.2. The van der Waals surface area contributed by atoms with Gasteiger partial charge in [-0.3, -0.25) is 19.2 Å². The number of fused-ring (bicyclic) bond motifs is 1. The summed E-state index contributed by atoms with van der Waals surface area (Å²) in [4.78, 5) is 8.20. The van der Waals surface area contributed by atoms with Crippen molar-refractivity contribution in [3.05, 3.63) is 52.8 Å². The van der Waals surface area contributed by atoms with Gasteiger partial charge in [-0.15, -0.1) is 0 Å². The van der Waals surface area contributed by atoms with Crippen LogP contribution < -0.4 is 11.1 Å². The second kappa shape index (κ2) is 9.73. The van der Waals surface area contributed by atoms with Gasteiger partial charge in [0.05, 0.1) is 42.9 Å². The van der Waals surface area contributed by atoms with Crippen molar-refractivity contribution in [3.63, 3.8) is 0 Å². The van der Waals surface area contributed by atoms with Crippen molar-refractivity contribution in [2.45, 2.75) is 50.5 Å². The van der Waals surface area contributed by atoms with Crippen LogP contribution >= 0.6 is 0 Å². The van der Waals surface area contributed by atoms with Gasteiger partial charge >= 0.3 is 6.18 Å². The fourth-order valence-electron chi connectivity index (χ4n) is 5.21. The molecule has 0 radical (unpaired) electrons. The summed E-state index contributed by atoms with van der Waals surface area (Å²) >= 11 is 0. The minimum Gasteiger partial charge on any atom is -0.398 e. The minimum absolute atomic E-state index is 0.233. The number of pyridine rings is 1. The third kappa shape index (κ3) is 5.43. The Kier molecular flexibility index (Phi) is 7.06. The number of rotatable bonds is 8. The van der Waals surface area contributed by atoms with Crippen LogP contribution in [0, 0.1) is 5.41 Å². The van der Waals surface area contributed by atoms with E-state index >= 15 is 0 Å². The van der Waals surface area contributed by atoms with Gasteiger partial charge < -0.3 is 16.5 Å². The number of nitrogen functional groups attached to an aromatic ring is 1. The predicted octanol–water partition coefficient (Wildman–Crippen LogP) is 4.41. The lowest BCUT2D eigenvalue weighted by Gasteiger charge is -2.49. The summed E-state index contributed by atoms with van der Waals surface area (Å²) in [6, 6.07) is 6.52. The molecule has 1 atom stereocenters. The molecule has 0 spiro atoms. The molecule has 35 heavy (non-hydrogen) atoms. The van der Waals surface area contributed by atoms with Crippen LogP contribution in [0.1, 0.15) is 48.7 Å². The average molecular weight is 493 g/mol. The van der Waals surface area contributed by atoms with Crippen molar-refractivity contribution in [3.8, 4) is 0 Å². The third-order valence-corrected chi connectivity index (χ3v) is 6.92. The Labute approximate surface area is 203 Å². The topological polar surface area (TPSA) is 81.3 Å². The van der Waals surface area contributed by atoms with Crippen LogP contribution in [-0.4, -0.2) is 71.6 Å². The number of hydrogen-bond donors (Lipinski definition) is 3. The number of likely N-dealkylation sites (tertiary alicyclic amines) is 1. The van der Waals surface area contributed by atoms with Gasteiger partial charge in [0, 0.05) is 42.6 Å². The monoisotopic (exact) mass is 492 g/mol. The molecule has 2 aromatic rings. The molecule has 10 heteroatoms. The Balaban J connectivity index is 1.63. The first-order valence-corrected chi connectivity index (χ1v) is 11.8. The van der Waals surface area contributed by atoms with Crippen LogP contribution in [0.5, 0.6) is 0 Å². The third-order valence-electron chi connectivity index (χ3n) is 6.92. The maximum absolute atomic E-state index is 13.7. The first-order valence-electron chi connectivity index (χ1n) is 11.8. The van der Waals surface area contributed by atoms with Crippen LogP contribution in [-0.2, 0) is 6.42 Å². The molecular formula is C25H32F4N6. The molecule has 4 rings (SSSR count). The molecular weight excluding hydrogens is 460 g/mol. The van der Waals surface area contributed by atoms with Gasteiger partial charge in [0.25, 0.3) is 0 Å². The van der Waals surface area contributed by atoms with Crippen LogP contribution in [0.4, 0.5) is 28.9 Å². The van der Waals surface area contributed by atoms with Crippen molar-refractivity contribution in [1.29, 1.82) is 5.41 Å². The highest BCUT2D eigenvalue weighted by Gasteiger charge is 2.46. The van der Waals surface area contributed by atoms with Crippen molar-refractivity contribution < 1.29 is 17.6 Å². The van der Waals surface area contributed by atoms with Crippen molar-refractivity contribution in [2.24, 2.45) is 0 Å². The fraction of sp³-hybridized carbons (Fsp3) is 0.520. The number of nitrogens with zero attached hydrogens (tertiary/aromatic N) is 3. The molecule has 2 aliphatic heterocycles. The van der Waals surface area contributed by atoms with E-state index in [4.69, 9.17) is 11.1 Å². The number of nitrogens with one attached hydrogen (secondary N) is 2. The van der Waals surface area contributed by atoms with Crippen molar-refractivity contribution in [2.75, 3.05) is 43.9 Å².